The van der Waals surface area contributed by atoms with Gasteiger partial charge in [-0.1, -0.05) is 20.8 Å². The van der Waals surface area contributed by atoms with Crippen LogP contribution in [0, 0.1) is 17.2 Å². The van der Waals surface area contributed by atoms with Crippen LogP contribution in [0.4, 0.5) is 0 Å². The number of ether oxygens (including phenoxy) is 2. The summed E-state index contributed by atoms with van der Waals surface area (Å²) in [6, 6.07) is 2.44. The second-order valence-corrected chi connectivity index (χ2v) is 5.78. The monoisotopic (exact) mass is 268 g/mol. The molecular weight excluding hydrogens is 240 g/mol. The van der Waals surface area contributed by atoms with Gasteiger partial charge in [0.2, 0.25) is 0 Å². The average molecular weight is 268 g/mol. The van der Waals surface area contributed by atoms with Crippen molar-refractivity contribution in [2.75, 3.05) is 26.4 Å². The van der Waals surface area contributed by atoms with Crippen LogP contribution in [0.3, 0.4) is 0 Å². The summed E-state index contributed by atoms with van der Waals surface area (Å²) in [5.41, 5.74) is -0.379. The molecule has 0 saturated heterocycles. The van der Waals surface area contributed by atoms with E-state index < -0.39 is 0 Å². The molecule has 19 heavy (non-hydrogen) atoms. The van der Waals surface area contributed by atoms with Gasteiger partial charge in [-0.25, -0.2) is 0 Å². The second-order valence-electron chi connectivity index (χ2n) is 5.78. The van der Waals surface area contributed by atoms with Crippen molar-refractivity contribution in [3.05, 3.63) is 0 Å². The third-order valence-corrected chi connectivity index (χ3v) is 3.47. The predicted octanol–water partition coefficient (Wildman–Crippen LogP) is 2.49. The van der Waals surface area contributed by atoms with Gasteiger partial charge < -0.3 is 9.47 Å². The smallest absolute Gasteiger partial charge is 0.109 e. The van der Waals surface area contributed by atoms with E-state index in [2.05, 4.69) is 25.2 Å². The molecule has 4 heteroatoms. The van der Waals surface area contributed by atoms with Gasteiger partial charge in [0.05, 0.1) is 25.4 Å². The Balaban J connectivity index is 2.25. The summed E-state index contributed by atoms with van der Waals surface area (Å²) in [5, 5.41) is 12.7. The summed E-state index contributed by atoms with van der Waals surface area (Å²) < 4.78 is 11.4. The molecule has 1 fully saturated rings. The van der Waals surface area contributed by atoms with E-state index in [4.69, 9.17) is 9.47 Å². The standard InChI is InChI=1S/C15H28N2O2/c1-4-17-15(12-16)7-5-6-14(10-15)19-9-8-18-11-13(2)3/h13-14,17H,4-11H2,1-3H3. The van der Waals surface area contributed by atoms with Gasteiger partial charge in [-0.2, -0.15) is 5.26 Å². The number of rotatable bonds is 8. The first-order chi connectivity index (χ1) is 9.12. The van der Waals surface area contributed by atoms with E-state index >= 15 is 0 Å². The van der Waals surface area contributed by atoms with E-state index in [1.165, 1.54) is 0 Å². The van der Waals surface area contributed by atoms with Crippen LogP contribution in [0.15, 0.2) is 0 Å². The van der Waals surface area contributed by atoms with Crippen molar-refractivity contribution < 1.29 is 9.47 Å². The van der Waals surface area contributed by atoms with E-state index in [0.29, 0.717) is 19.1 Å². The molecule has 1 saturated carbocycles. The molecule has 0 spiro atoms. The minimum Gasteiger partial charge on any atom is -0.379 e. The molecule has 0 aromatic carbocycles. The van der Waals surface area contributed by atoms with Crippen LogP contribution in [0.5, 0.6) is 0 Å². The maximum absolute atomic E-state index is 9.37. The Bertz CT molecular complexity index is 284. The molecule has 0 heterocycles. The van der Waals surface area contributed by atoms with Crippen molar-refractivity contribution in [3.8, 4) is 6.07 Å². The highest BCUT2D eigenvalue weighted by Crippen LogP contribution is 2.29. The molecule has 4 nitrogen and oxygen atoms in total. The Kier molecular flexibility index (Phi) is 7.37. The molecule has 1 aliphatic rings. The van der Waals surface area contributed by atoms with Gasteiger partial charge in [-0.15, -0.1) is 0 Å². The molecule has 2 atom stereocenters. The molecule has 0 bridgehead atoms. The van der Waals surface area contributed by atoms with E-state index in [-0.39, 0.29) is 11.6 Å². The van der Waals surface area contributed by atoms with Crippen molar-refractivity contribution in [1.82, 2.24) is 5.32 Å². The number of nitriles is 1. The largest absolute Gasteiger partial charge is 0.379 e. The zero-order chi connectivity index (χ0) is 14.1. The van der Waals surface area contributed by atoms with Gasteiger partial charge in [0.25, 0.3) is 0 Å². The molecule has 2 unspecified atom stereocenters. The molecule has 0 radical (unpaired) electrons. The molecule has 1 N–H and O–H groups in total. The number of hydrogen-bond acceptors (Lipinski definition) is 4. The highest BCUT2D eigenvalue weighted by molar-refractivity contribution is 5.10. The molecule has 0 aromatic rings. The van der Waals surface area contributed by atoms with Crippen LogP contribution in [0.1, 0.15) is 46.5 Å². The summed E-state index contributed by atoms with van der Waals surface area (Å²) in [6.45, 7) is 9.22. The Labute approximate surface area is 117 Å². The third kappa shape index (κ3) is 5.90. The second kappa shape index (κ2) is 8.52. The molecule has 1 rings (SSSR count). The summed E-state index contributed by atoms with van der Waals surface area (Å²) in [6.07, 6.45) is 4.02. The van der Waals surface area contributed by atoms with Crippen LogP contribution >= 0.6 is 0 Å². The van der Waals surface area contributed by atoms with Crippen LogP contribution in [-0.4, -0.2) is 38.0 Å². The van der Waals surface area contributed by atoms with E-state index in [9.17, 15) is 5.26 Å². The summed E-state index contributed by atoms with van der Waals surface area (Å²) in [7, 11) is 0. The maximum Gasteiger partial charge on any atom is 0.109 e. The SMILES string of the molecule is CCNC1(C#N)CCCC(OCCOCC(C)C)C1. The van der Waals surface area contributed by atoms with Crippen LogP contribution in [-0.2, 0) is 9.47 Å². The van der Waals surface area contributed by atoms with Gasteiger partial charge in [-0.05, 0) is 31.7 Å². The minimum absolute atomic E-state index is 0.190. The summed E-state index contributed by atoms with van der Waals surface area (Å²) in [4.78, 5) is 0. The number of hydrogen-bond donors (Lipinski definition) is 1. The number of nitrogens with zero attached hydrogens (tertiary/aromatic N) is 1. The van der Waals surface area contributed by atoms with Crippen molar-refractivity contribution in [3.63, 3.8) is 0 Å². The Morgan fingerprint density at radius 2 is 2.21 bits per heavy atom. The summed E-state index contributed by atoms with van der Waals surface area (Å²) in [5.74, 6) is 0.565. The first-order valence-electron chi connectivity index (χ1n) is 7.47. The van der Waals surface area contributed by atoms with Crippen LogP contribution in [0.25, 0.3) is 0 Å². The fourth-order valence-corrected chi connectivity index (χ4v) is 2.60. The van der Waals surface area contributed by atoms with Crippen molar-refractivity contribution in [2.45, 2.75) is 58.1 Å². The van der Waals surface area contributed by atoms with Crippen molar-refractivity contribution in [2.24, 2.45) is 5.92 Å². The van der Waals surface area contributed by atoms with Crippen molar-refractivity contribution >= 4 is 0 Å². The average Bonchev–Trinajstić information content (AvgIpc) is 2.39. The van der Waals surface area contributed by atoms with Gasteiger partial charge in [0.1, 0.15) is 5.54 Å². The zero-order valence-electron chi connectivity index (χ0n) is 12.6. The topological polar surface area (TPSA) is 54.3 Å². The first-order valence-corrected chi connectivity index (χ1v) is 7.47. The van der Waals surface area contributed by atoms with Crippen LogP contribution < -0.4 is 5.32 Å². The fourth-order valence-electron chi connectivity index (χ4n) is 2.60. The lowest BCUT2D eigenvalue weighted by Gasteiger charge is -2.36. The van der Waals surface area contributed by atoms with E-state index in [1.54, 1.807) is 0 Å². The van der Waals surface area contributed by atoms with Crippen molar-refractivity contribution in [1.29, 1.82) is 5.26 Å². The fraction of sp³-hybridized carbons (Fsp3) is 0.933. The minimum atomic E-state index is -0.379. The zero-order valence-corrected chi connectivity index (χ0v) is 12.6. The lowest BCUT2D eigenvalue weighted by atomic mass is 9.81. The molecule has 110 valence electrons. The lowest BCUT2D eigenvalue weighted by molar-refractivity contribution is -0.0253. The van der Waals surface area contributed by atoms with Gasteiger partial charge in [0, 0.05) is 13.0 Å². The lowest BCUT2D eigenvalue weighted by Crippen LogP contribution is -2.49. The number of nitrogens with one attached hydrogen (secondary N) is 1. The Morgan fingerprint density at radius 3 is 2.84 bits per heavy atom. The van der Waals surface area contributed by atoms with Gasteiger partial charge in [-0.3, -0.25) is 5.32 Å². The molecule has 1 aliphatic carbocycles. The highest BCUT2D eigenvalue weighted by atomic mass is 16.5. The highest BCUT2D eigenvalue weighted by Gasteiger charge is 2.36. The molecule has 0 aliphatic heterocycles. The van der Waals surface area contributed by atoms with Gasteiger partial charge in [0.15, 0.2) is 0 Å². The molecule has 0 amide bonds. The third-order valence-electron chi connectivity index (χ3n) is 3.47. The van der Waals surface area contributed by atoms with Crippen LogP contribution in [0.2, 0.25) is 0 Å². The predicted molar refractivity (Wildman–Crippen MR) is 75.9 cm³/mol. The Morgan fingerprint density at radius 1 is 1.42 bits per heavy atom. The summed E-state index contributed by atoms with van der Waals surface area (Å²) >= 11 is 0. The van der Waals surface area contributed by atoms with E-state index in [0.717, 1.165) is 38.8 Å². The first kappa shape index (κ1) is 16.4. The Hall–Kier alpha value is -0.630. The van der Waals surface area contributed by atoms with Gasteiger partial charge >= 0.3 is 0 Å². The molecular formula is C15H28N2O2. The normalized spacial score (nSPS) is 27.4. The maximum atomic E-state index is 9.37. The quantitative estimate of drug-likeness (QED) is 0.687. The molecule has 0 aromatic heterocycles. The van der Waals surface area contributed by atoms with E-state index in [1.807, 2.05) is 6.92 Å².